The van der Waals surface area contributed by atoms with E-state index < -0.39 is 17.8 Å². The first-order valence-electron chi connectivity index (χ1n) is 12.0. The maximum absolute atomic E-state index is 15.6. The van der Waals surface area contributed by atoms with Crippen molar-refractivity contribution in [3.05, 3.63) is 11.5 Å². The van der Waals surface area contributed by atoms with Gasteiger partial charge in [-0.05, 0) is 31.4 Å². The van der Waals surface area contributed by atoms with Crippen molar-refractivity contribution >= 4 is 35.8 Å². The largest absolute Gasteiger partial charge is 0.350 e. The first kappa shape index (κ1) is 27.1. The standard InChI is InChI=1S/C23H35FN6O4S/c1-28(2)22(33)18-9-6-10-30(18)20-19(24)17(26-23(27-20)35-3)12-25-21(32)16(13-29(34)14-31)11-15-7-4-5-8-15/h14-16,18,34H,4-13H2,1-3H3,(H,25,32)/t16-,18+/m1/s1. The molecule has 2 fully saturated rings. The molecular weight excluding hydrogens is 475 g/mol. The second kappa shape index (κ2) is 12.5. The van der Waals surface area contributed by atoms with Gasteiger partial charge in [0.2, 0.25) is 18.2 Å². The maximum atomic E-state index is 15.6. The molecule has 3 amide bonds. The number of carbonyl (C=O) groups is 3. The van der Waals surface area contributed by atoms with Gasteiger partial charge in [-0.3, -0.25) is 19.6 Å². The quantitative estimate of drug-likeness (QED) is 0.153. The van der Waals surface area contributed by atoms with Crippen molar-refractivity contribution in [1.29, 1.82) is 0 Å². The normalized spacial score (nSPS) is 19.0. The molecule has 1 aliphatic heterocycles. The van der Waals surface area contributed by atoms with Gasteiger partial charge in [-0.2, -0.15) is 0 Å². The highest BCUT2D eigenvalue weighted by Gasteiger charge is 2.35. The summed E-state index contributed by atoms with van der Waals surface area (Å²) in [6.45, 7) is 0.211. The van der Waals surface area contributed by atoms with Crippen molar-refractivity contribution in [2.75, 3.05) is 38.3 Å². The number of anilines is 1. The van der Waals surface area contributed by atoms with E-state index in [0.717, 1.165) is 32.1 Å². The molecule has 2 N–H and O–H groups in total. The average molecular weight is 511 g/mol. The number of rotatable bonds is 11. The van der Waals surface area contributed by atoms with Crippen LogP contribution in [0.4, 0.5) is 10.2 Å². The number of nitrogens with one attached hydrogen (secondary N) is 1. The lowest BCUT2D eigenvalue weighted by atomic mass is 9.92. The molecule has 2 aliphatic rings. The van der Waals surface area contributed by atoms with Crippen LogP contribution in [0.25, 0.3) is 0 Å². The second-order valence-corrected chi connectivity index (χ2v) is 10.2. The van der Waals surface area contributed by atoms with E-state index in [4.69, 9.17) is 0 Å². The molecule has 3 rings (SSSR count). The van der Waals surface area contributed by atoms with E-state index in [2.05, 4.69) is 15.3 Å². The van der Waals surface area contributed by atoms with Gasteiger partial charge in [0, 0.05) is 20.6 Å². The van der Waals surface area contributed by atoms with Crippen LogP contribution in [0.5, 0.6) is 0 Å². The number of amides is 3. The fourth-order valence-corrected chi connectivity index (χ4v) is 5.31. The predicted molar refractivity (Wildman–Crippen MR) is 129 cm³/mol. The Labute approximate surface area is 209 Å². The smallest absolute Gasteiger partial charge is 0.244 e. The van der Waals surface area contributed by atoms with Crippen LogP contribution >= 0.6 is 11.8 Å². The summed E-state index contributed by atoms with van der Waals surface area (Å²) in [4.78, 5) is 48.3. The SMILES string of the molecule is CSc1nc(CNC(=O)[C@H](CC2CCCC2)CN(O)C=O)c(F)c(N2CCC[C@H]2C(=O)N(C)C)n1. The third-order valence-corrected chi connectivity index (χ3v) is 7.29. The van der Waals surface area contributed by atoms with Crippen molar-refractivity contribution in [2.45, 2.75) is 62.7 Å². The summed E-state index contributed by atoms with van der Waals surface area (Å²) in [5.41, 5.74) is 0.0338. The molecule has 10 nitrogen and oxygen atoms in total. The number of nitrogens with zero attached hydrogens (tertiary/aromatic N) is 5. The lowest BCUT2D eigenvalue weighted by Crippen LogP contribution is -2.43. The summed E-state index contributed by atoms with van der Waals surface area (Å²) in [6.07, 6.45) is 8.19. The fraction of sp³-hybridized carbons (Fsp3) is 0.696. The molecule has 0 spiro atoms. The lowest BCUT2D eigenvalue weighted by molar-refractivity contribution is -0.155. The number of halogens is 1. The number of thioether (sulfide) groups is 1. The average Bonchev–Trinajstić information content (AvgIpc) is 3.54. The molecule has 0 radical (unpaired) electrons. The van der Waals surface area contributed by atoms with Crippen LogP contribution in [0.1, 0.15) is 50.6 Å². The molecule has 1 aliphatic carbocycles. The topological polar surface area (TPSA) is 119 Å². The first-order chi connectivity index (χ1) is 16.7. The molecule has 2 heterocycles. The Bertz CT molecular complexity index is 914. The number of carbonyl (C=O) groups excluding carboxylic acids is 3. The van der Waals surface area contributed by atoms with Crippen LogP contribution in [0.15, 0.2) is 5.16 Å². The number of hydrogen-bond donors (Lipinski definition) is 2. The minimum absolute atomic E-state index is 0.0338. The maximum Gasteiger partial charge on any atom is 0.244 e. The predicted octanol–water partition coefficient (Wildman–Crippen LogP) is 2.05. The van der Waals surface area contributed by atoms with E-state index in [1.54, 1.807) is 25.3 Å². The zero-order valence-corrected chi connectivity index (χ0v) is 21.4. The number of hydroxylamine groups is 2. The van der Waals surface area contributed by atoms with E-state index in [9.17, 15) is 19.6 Å². The first-order valence-corrected chi connectivity index (χ1v) is 13.2. The molecule has 0 bridgehead atoms. The van der Waals surface area contributed by atoms with Crippen molar-refractivity contribution < 1.29 is 24.0 Å². The van der Waals surface area contributed by atoms with E-state index >= 15 is 4.39 Å². The third-order valence-electron chi connectivity index (χ3n) is 6.74. The van der Waals surface area contributed by atoms with Gasteiger partial charge in [0.1, 0.15) is 11.7 Å². The summed E-state index contributed by atoms with van der Waals surface area (Å²) < 4.78 is 15.6. The van der Waals surface area contributed by atoms with Crippen molar-refractivity contribution in [3.63, 3.8) is 0 Å². The van der Waals surface area contributed by atoms with Crippen LogP contribution in [0.2, 0.25) is 0 Å². The van der Waals surface area contributed by atoms with Crippen molar-refractivity contribution in [2.24, 2.45) is 11.8 Å². The minimum Gasteiger partial charge on any atom is -0.350 e. The van der Waals surface area contributed by atoms with E-state index in [1.165, 1.54) is 16.7 Å². The molecule has 1 aromatic heterocycles. The summed E-state index contributed by atoms with van der Waals surface area (Å²) >= 11 is 1.25. The Balaban J connectivity index is 1.78. The van der Waals surface area contributed by atoms with Crippen LogP contribution in [0, 0.1) is 17.7 Å². The molecule has 35 heavy (non-hydrogen) atoms. The van der Waals surface area contributed by atoms with Gasteiger partial charge >= 0.3 is 0 Å². The summed E-state index contributed by atoms with van der Waals surface area (Å²) in [6, 6.07) is -0.499. The molecule has 1 saturated carbocycles. The molecule has 0 unspecified atom stereocenters. The Morgan fingerprint density at radius 2 is 1.97 bits per heavy atom. The molecule has 1 aromatic rings. The number of hydrogen-bond acceptors (Lipinski definition) is 8. The highest BCUT2D eigenvalue weighted by Crippen LogP contribution is 2.32. The van der Waals surface area contributed by atoms with Gasteiger partial charge in [-0.1, -0.05) is 37.4 Å². The van der Waals surface area contributed by atoms with Crippen LogP contribution in [0.3, 0.4) is 0 Å². The minimum atomic E-state index is -0.662. The van der Waals surface area contributed by atoms with Gasteiger partial charge in [0.25, 0.3) is 0 Å². The van der Waals surface area contributed by atoms with Gasteiger partial charge < -0.3 is 15.1 Å². The highest BCUT2D eigenvalue weighted by molar-refractivity contribution is 7.98. The van der Waals surface area contributed by atoms with Crippen LogP contribution < -0.4 is 10.2 Å². The summed E-state index contributed by atoms with van der Waals surface area (Å²) in [7, 11) is 3.34. The molecule has 12 heteroatoms. The van der Waals surface area contributed by atoms with Crippen molar-refractivity contribution in [3.8, 4) is 0 Å². The van der Waals surface area contributed by atoms with Gasteiger partial charge in [0.05, 0.1) is 19.0 Å². The highest BCUT2D eigenvalue weighted by atomic mass is 32.2. The molecule has 0 aromatic carbocycles. The summed E-state index contributed by atoms with van der Waals surface area (Å²) in [5, 5.41) is 13.2. The Kier molecular flexibility index (Phi) is 9.67. The Hall–Kier alpha value is -2.47. The molecule has 1 saturated heterocycles. The van der Waals surface area contributed by atoms with Crippen molar-refractivity contribution in [1.82, 2.24) is 25.2 Å². The Morgan fingerprint density at radius 3 is 2.60 bits per heavy atom. The number of likely N-dealkylation sites (N-methyl/N-ethyl adjacent to an activating group) is 1. The third kappa shape index (κ3) is 6.81. The summed E-state index contributed by atoms with van der Waals surface area (Å²) in [5.74, 6) is -1.33. The zero-order chi connectivity index (χ0) is 25.5. The van der Waals surface area contributed by atoms with Gasteiger partial charge in [0.15, 0.2) is 16.8 Å². The van der Waals surface area contributed by atoms with E-state index in [-0.39, 0.29) is 42.8 Å². The van der Waals surface area contributed by atoms with Gasteiger partial charge in [-0.15, -0.1) is 0 Å². The molecule has 2 atom stereocenters. The fourth-order valence-electron chi connectivity index (χ4n) is 4.93. The molecule has 194 valence electrons. The lowest BCUT2D eigenvalue weighted by Gasteiger charge is -2.28. The second-order valence-electron chi connectivity index (χ2n) is 9.41. The van der Waals surface area contributed by atoms with E-state index in [0.29, 0.717) is 35.5 Å². The van der Waals surface area contributed by atoms with Crippen LogP contribution in [-0.2, 0) is 20.9 Å². The number of aromatic nitrogens is 2. The zero-order valence-electron chi connectivity index (χ0n) is 20.6. The van der Waals surface area contributed by atoms with Crippen LogP contribution in [-0.4, -0.2) is 82.8 Å². The Morgan fingerprint density at radius 1 is 1.26 bits per heavy atom. The van der Waals surface area contributed by atoms with Gasteiger partial charge in [-0.25, -0.2) is 19.4 Å². The molecular formula is C23H35FN6O4S. The monoisotopic (exact) mass is 510 g/mol. The van der Waals surface area contributed by atoms with E-state index in [1.807, 2.05) is 0 Å².